The summed E-state index contributed by atoms with van der Waals surface area (Å²) in [6, 6.07) is 1.95. The molecule has 1 heterocycles. The van der Waals surface area contributed by atoms with Gasteiger partial charge in [-0.05, 0) is 68.8 Å². The molecule has 2 N–H and O–H groups in total. The van der Waals surface area contributed by atoms with Crippen molar-refractivity contribution in [2.24, 2.45) is 17.8 Å². The van der Waals surface area contributed by atoms with Crippen LogP contribution in [0.2, 0.25) is 0 Å². The van der Waals surface area contributed by atoms with Crippen molar-refractivity contribution in [3.05, 3.63) is 18.5 Å². The fourth-order valence-corrected chi connectivity index (χ4v) is 5.42. The summed E-state index contributed by atoms with van der Waals surface area (Å²) in [5.41, 5.74) is 0.112. The second-order valence-corrected chi connectivity index (χ2v) is 7.70. The van der Waals surface area contributed by atoms with Crippen molar-refractivity contribution in [2.75, 3.05) is 6.54 Å². The van der Waals surface area contributed by atoms with Crippen LogP contribution in [0.25, 0.3) is 0 Å². The minimum Gasteiger partial charge on any atom is -0.338 e. The Morgan fingerprint density at radius 2 is 1.86 bits per heavy atom. The fourth-order valence-electron chi connectivity index (χ4n) is 5.42. The summed E-state index contributed by atoms with van der Waals surface area (Å²) < 4.78 is 1.90. The Bertz CT molecular complexity index is 489. The zero-order chi connectivity index (χ0) is 15.0. The van der Waals surface area contributed by atoms with Crippen LogP contribution in [0, 0.1) is 17.8 Å². The predicted molar refractivity (Wildman–Crippen MR) is 84.3 cm³/mol. The molecule has 0 radical (unpaired) electrons. The fraction of sp³-hybridized carbons (Fsp3) is 0.765. The molecule has 2 amide bonds. The summed E-state index contributed by atoms with van der Waals surface area (Å²) >= 11 is 0. The van der Waals surface area contributed by atoms with Gasteiger partial charge in [-0.25, -0.2) is 4.79 Å². The minimum atomic E-state index is 0.0300. The van der Waals surface area contributed by atoms with Crippen LogP contribution in [-0.4, -0.2) is 27.9 Å². The Morgan fingerprint density at radius 3 is 2.45 bits per heavy atom. The Morgan fingerprint density at radius 1 is 1.18 bits per heavy atom. The molecular formula is C17H26N4O. The summed E-state index contributed by atoms with van der Waals surface area (Å²) in [4.78, 5) is 12.2. The molecular weight excluding hydrogens is 276 g/mol. The normalized spacial score (nSPS) is 35.5. The summed E-state index contributed by atoms with van der Waals surface area (Å²) in [6.07, 6.45) is 12.5. The van der Waals surface area contributed by atoms with Gasteiger partial charge in [0.25, 0.3) is 0 Å². The number of hydrogen-bond donors (Lipinski definition) is 2. The maximum atomic E-state index is 12.2. The lowest BCUT2D eigenvalue weighted by Gasteiger charge is -2.56. The van der Waals surface area contributed by atoms with E-state index in [2.05, 4.69) is 15.7 Å². The van der Waals surface area contributed by atoms with Crippen molar-refractivity contribution in [1.29, 1.82) is 0 Å². The summed E-state index contributed by atoms with van der Waals surface area (Å²) in [5, 5.41) is 10.5. The van der Waals surface area contributed by atoms with E-state index in [1.54, 1.807) is 6.20 Å². The molecule has 1 aromatic rings. The number of rotatable bonds is 5. The van der Waals surface area contributed by atoms with Gasteiger partial charge in [-0.15, -0.1) is 0 Å². The van der Waals surface area contributed by atoms with Crippen molar-refractivity contribution in [2.45, 2.75) is 57.0 Å². The smallest absolute Gasteiger partial charge is 0.315 e. The second kappa shape index (κ2) is 5.60. The molecule has 1 aromatic heterocycles. The molecule has 0 atom stereocenters. The van der Waals surface area contributed by atoms with Gasteiger partial charge in [0.15, 0.2) is 0 Å². The summed E-state index contributed by atoms with van der Waals surface area (Å²) in [7, 11) is 0. The van der Waals surface area contributed by atoms with Gasteiger partial charge in [-0.1, -0.05) is 0 Å². The highest BCUT2D eigenvalue weighted by atomic mass is 16.2. The zero-order valence-electron chi connectivity index (χ0n) is 13.1. The average molecular weight is 302 g/mol. The molecule has 0 aliphatic heterocycles. The standard InChI is InChI=1S/C17H26N4O/c22-16(18-3-1-5-21-6-2-4-19-21)20-17-10-13-7-14(11-17)9-15(8-13)12-17/h2,4,6,13-15H,1,3,5,7-12H2,(H2,18,20,22). The molecule has 0 spiro atoms. The van der Waals surface area contributed by atoms with Crippen molar-refractivity contribution in [3.8, 4) is 0 Å². The molecule has 4 aliphatic carbocycles. The lowest BCUT2D eigenvalue weighted by atomic mass is 9.53. The van der Waals surface area contributed by atoms with Crippen LogP contribution in [0.3, 0.4) is 0 Å². The van der Waals surface area contributed by atoms with E-state index < -0.39 is 0 Å². The topological polar surface area (TPSA) is 59.0 Å². The van der Waals surface area contributed by atoms with Crippen LogP contribution in [0.15, 0.2) is 18.5 Å². The molecule has 5 heteroatoms. The van der Waals surface area contributed by atoms with Gasteiger partial charge >= 0.3 is 6.03 Å². The second-order valence-electron chi connectivity index (χ2n) is 7.70. The third kappa shape index (κ3) is 2.85. The lowest BCUT2D eigenvalue weighted by molar-refractivity contribution is -0.0135. The van der Waals surface area contributed by atoms with Crippen LogP contribution < -0.4 is 10.6 Å². The molecule has 4 fully saturated rings. The number of carbonyl (C=O) groups is 1. The van der Waals surface area contributed by atoms with E-state index in [1.165, 1.54) is 38.5 Å². The molecule has 5 rings (SSSR count). The first kappa shape index (κ1) is 14.1. The zero-order valence-corrected chi connectivity index (χ0v) is 13.1. The first-order valence-corrected chi connectivity index (χ1v) is 8.74. The van der Waals surface area contributed by atoms with E-state index >= 15 is 0 Å². The van der Waals surface area contributed by atoms with Crippen LogP contribution in [0.5, 0.6) is 0 Å². The predicted octanol–water partition coefficient (Wildman–Crippen LogP) is 2.54. The van der Waals surface area contributed by atoms with Crippen LogP contribution >= 0.6 is 0 Å². The molecule has 0 saturated heterocycles. The van der Waals surface area contributed by atoms with Gasteiger partial charge < -0.3 is 10.6 Å². The summed E-state index contributed by atoms with van der Waals surface area (Å²) in [5.74, 6) is 2.60. The van der Waals surface area contributed by atoms with Gasteiger partial charge in [0.1, 0.15) is 0 Å². The summed E-state index contributed by atoms with van der Waals surface area (Å²) in [6.45, 7) is 1.56. The Labute approximate surface area is 131 Å². The van der Waals surface area contributed by atoms with Crippen molar-refractivity contribution >= 4 is 6.03 Å². The third-order valence-electron chi connectivity index (χ3n) is 5.83. The molecule has 0 unspecified atom stereocenters. The average Bonchev–Trinajstić information content (AvgIpc) is 2.94. The number of carbonyl (C=O) groups excluding carboxylic acids is 1. The Hall–Kier alpha value is -1.52. The third-order valence-corrected chi connectivity index (χ3v) is 5.83. The number of aromatic nitrogens is 2. The van der Waals surface area contributed by atoms with Crippen molar-refractivity contribution < 1.29 is 4.79 Å². The highest BCUT2D eigenvalue weighted by molar-refractivity contribution is 5.74. The van der Waals surface area contributed by atoms with Crippen LogP contribution in [0.4, 0.5) is 4.79 Å². The van der Waals surface area contributed by atoms with Gasteiger partial charge in [0.05, 0.1) is 0 Å². The van der Waals surface area contributed by atoms with E-state index in [4.69, 9.17) is 0 Å². The van der Waals surface area contributed by atoms with Gasteiger partial charge in [0.2, 0.25) is 0 Å². The Balaban J connectivity index is 1.24. The van der Waals surface area contributed by atoms with E-state index in [1.807, 2.05) is 16.9 Å². The van der Waals surface area contributed by atoms with Crippen LogP contribution in [0.1, 0.15) is 44.9 Å². The monoisotopic (exact) mass is 302 g/mol. The number of amides is 2. The first-order valence-electron chi connectivity index (χ1n) is 8.74. The molecule has 120 valence electrons. The van der Waals surface area contributed by atoms with E-state index in [-0.39, 0.29) is 11.6 Å². The molecule has 0 aromatic carbocycles. The van der Waals surface area contributed by atoms with E-state index in [9.17, 15) is 4.79 Å². The van der Waals surface area contributed by atoms with Crippen LogP contribution in [-0.2, 0) is 6.54 Å². The maximum Gasteiger partial charge on any atom is 0.315 e. The van der Waals surface area contributed by atoms with Gasteiger partial charge in [-0.3, -0.25) is 4.68 Å². The SMILES string of the molecule is O=C(NCCCn1cccn1)NC12CC3CC(CC(C3)C1)C2. The Kier molecular flexibility index (Phi) is 3.59. The largest absolute Gasteiger partial charge is 0.338 e. The van der Waals surface area contributed by atoms with Gasteiger partial charge in [-0.2, -0.15) is 5.10 Å². The minimum absolute atomic E-state index is 0.0300. The number of aryl methyl sites for hydroxylation is 1. The molecule has 4 bridgehead atoms. The molecule has 4 saturated carbocycles. The quantitative estimate of drug-likeness (QED) is 0.821. The molecule has 5 nitrogen and oxygen atoms in total. The van der Waals surface area contributed by atoms with Gasteiger partial charge in [0, 0.05) is 31.0 Å². The maximum absolute atomic E-state index is 12.2. The van der Waals surface area contributed by atoms with Crippen molar-refractivity contribution in [3.63, 3.8) is 0 Å². The highest BCUT2D eigenvalue weighted by Crippen LogP contribution is 2.55. The number of urea groups is 1. The molecule has 22 heavy (non-hydrogen) atoms. The number of nitrogens with zero attached hydrogens (tertiary/aromatic N) is 2. The number of nitrogens with one attached hydrogen (secondary N) is 2. The first-order chi connectivity index (χ1) is 10.7. The molecule has 4 aliphatic rings. The number of hydrogen-bond acceptors (Lipinski definition) is 2. The van der Waals surface area contributed by atoms with E-state index in [0.29, 0.717) is 6.54 Å². The highest BCUT2D eigenvalue weighted by Gasteiger charge is 2.51. The van der Waals surface area contributed by atoms with Crippen molar-refractivity contribution in [1.82, 2.24) is 20.4 Å². The lowest BCUT2D eigenvalue weighted by Crippen LogP contribution is -2.61. The van der Waals surface area contributed by atoms with E-state index in [0.717, 1.165) is 30.7 Å².